The zero-order valence-corrected chi connectivity index (χ0v) is 11.1. The lowest BCUT2D eigenvalue weighted by molar-refractivity contribution is 0.862. The van der Waals surface area contributed by atoms with Crippen molar-refractivity contribution < 1.29 is 0 Å². The molecule has 90 valence electrons. The number of nitrogens with two attached hydrogens (primary N) is 1. The van der Waals surface area contributed by atoms with Crippen molar-refractivity contribution in [3.63, 3.8) is 0 Å². The maximum absolute atomic E-state index is 6.23. The summed E-state index contributed by atoms with van der Waals surface area (Å²) in [5.74, 6) is 0. The molecule has 1 nitrogen and oxygen atoms in total. The van der Waals surface area contributed by atoms with Crippen LogP contribution in [-0.4, -0.2) is 0 Å². The molecule has 0 spiro atoms. The number of hydrogen-bond donors (Lipinski definition) is 1. The molecule has 0 radical (unpaired) electrons. The summed E-state index contributed by atoms with van der Waals surface area (Å²) in [7, 11) is 0. The summed E-state index contributed by atoms with van der Waals surface area (Å²) in [5.41, 5.74) is 9.58. The number of aryl methyl sites for hydroxylation is 1. The van der Waals surface area contributed by atoms with Crippen LogP contribution < -0.4 is 5.73 Å². The van der Waals surface area contributed by atoms with E-state index in [1.54, 1.807) is 0 Å². The Labute approximate surface area is 113 Å². The third kappa shape index (κ3) is 3.22. The fourth-order valence-corrected chi connectivity index (χ4v) is 1.97. The Balaban J connectivity index is 0.00000144. The Kier molecular flexibility index (Phi) is 5.01. The van der Waals surface area contributed by atoms with Crippen LogP contribution in [0.15, 0.2) is 48.5 Å². The standard InChI is InChI=1S/C14H14ClN.ClH/c1-10-7-8-12(15)9-13(10)14(16)11-5-3-2-4-6-11;/h2-9,14H,16H2,1H3;1H. The van der Waals surface area contributed by atoms with Crippen LogP contribution in [0.3, 0.4) is 0 Å². The fourth-order valence-electron chi connectivity index (χ4n) is 1.79. The van der Waals surface area contributed by atoms with Gasteiger partial charge in [0.15, 0.2) is 0 Å². The van der Waals surface area contributed by atoms with Gasteiger partial charge in [0, 0.05) is 5.02 Å². The van der Waals surface area contributed by atoms with E-state index < -0.39 is 0 Å². The van der Waals surface area contributed by atoms with Crippen molar-refractivity contribution in [2.45, 2.75) is 13.0 Å². The normalized spacial score (nSPS) is 11.7. The molecule has 0 heterocycles. The monoisotopic (exact) mass is 267 g/mol. The number of benzene rings is 2. The maximum atomic E-state index is 6.23. The molecule has 3 heteroatoms. The highest BCUT2D eigenvalue weighted by Crippen LogP contribution is 2.25. The van der Waals surface area contributed by atoms with E-state index >= 15 is 0 Å². The first-order valence-corrected chi connectivity index (χ1v) is 5.63. The van der Waals surface area contributed by atoms with Crippen molar-refractivity contribution >= 4 is 24.0 Å². The summed E-state index contributed by atoms with van der Waals surface area (Å²) in [6, 6.07) is 15.8. The van der Waals surface area contributed by atoms with E-state index in [2.05, 4.69) is 6.92 Å². The highest BCUT2D eigenvalue weighted by Gasteiger charge is 2.11. The molecule has 2 rings (SSSR count). The zero-order chi connectivity index (χ0) is 11.5. The van der Waals surface area contributed by atoms with E-state index in [4.69, 9.17) is 17.3 Å². The second kappa shape index (κ2) is 6.06. The topological polar surface area (TPSA) is 26.0 Å². The Morgan fingerprint density at radius 2 is 1.71 bits per heavy atom. The van der Waals surface area contributed by atoms with Gasteiger partial charge in [0.25, 0.3) is 0 Å². The van der Waals surface area contributed by atoms with Crippen molar-refractivity contribution in [1.82, 2.24) is 0 Å². The molecule has 0 bridgehead atoms. The van der Waals surface area contributed by atoms with Crippen molar-refractivity contribution in [3.8, 4) is 0 Å². The second-order valence-corrected chi connectivity index (χ2v) is 4.33. The largest absolute Gasteiger partial charge is 0.320 e. The minimum atomic E-state index is -0.111. The fraction of sp³-hybridized carbons (Fsp3) is 0.143. The molecule has 17 heavy (non-hydrogen) atoms. The Morgan fingerprint density at radius 3 is 2.35 bits per heavy atom. The minimum absolute atomic E-state index is 0. The van der Waals surface area contributed by atoms with Crippen molar-refractivity contribution in [2.75, 3.05) is 0 Å². The molecule has 0 aliphatic heterocycles. The Morgan fingerprint density at radius 1 is 1.06 bits per heavy atom. The summed E-state index contributed by atoms with van der Waals surface area (Å²) in [4.78, 5) is 0. The van der Waals surface area contributed by atoms with Crippen LogP contribution in [0.1, 0.15) is 22.7 Å². The van der Waals surface area contributed by atoms with Crippen molar-refractivity contribution in [3.05, 3.63) is 70.2 Å². The predicted molar refractivity (Wildman–Crippen MR) is 75.9 cm³/mol. The first kappa shape index (κ1) is 14.0. The molecule has 0 fully saturated rings. The molecule has 0 saturated heterocycles. The molecule has 2 aromatic carbocycles. The van der Waals surface area contributed by atoms with Crippen LogP contribution in [0, 0.1) is 6.92 Å². The molecule has 2 aromatic rings. The van der Waals surface area contributed by atoms with Gasteiger partial charge < -0.3 is 5.73 Å². The van der Waals surface area contributed by atoms with E-state index in [0.717, 1.165) is 16.1 Å². The average molecular weight is 268 g/mol. The summed E-state index contributed by atoms with van der Waals surface area (Å²) in [5, 5.41) is 0.729. The highest BCUT2D eigenvalue weighted by atomic mass is 35.5. The molecule has 0 aliphatic carbocycles. The molecule has 1 unspecified atom stereocenters. The lowest BCUT2D eigenvalue weighted by Gasteiger charge is -2.15. The van der Waals surface area contributed by atoms with Crippen LogP contribution in [0.5, 0.6) is 0 Å². The molecule has 0 aliphatic rings. The first-order chi connectivity index (χ1) is 7.68. The van der Waals surface area contributed by atoms with E-state index in [0.29, 0.717) is 0 Å². The number of hydrogen-bond acceptors (Lipinski definition) is 1. The smallest absolute Gasteiger partial charge is 0.0554 e. The second-order valence-electron chi connectivity index (χ2n) is 3.89. The van der Waals surface area contributed by atoms with Crippen LogP contribution in [-0.2, 0) is 0 Å². The van der Waals surface area contributed by atoms with E-state index in [1.807, 2.05) is 48.5 Å². The van der Waals surface area contributed by atoms with Crippen LogP contribution in [0.25, 0.3) is 0 Å². The van der Waals surface area contributed by atoms with Gasteiger partial charge in [-0.2, -0.15) is 0 Å². The SMILES string of the molecule is Cc1ccc(Cl)cc1C(N)c1ccccc1.Cl. The third-order valence-electron chi connectivity index (χ3n) is 2.74. The molecule has 0 aromatic heterocycles. The number of rotatable bonds is 2. The first-order valence-electron chi connectivity index (χ1n) is 5.25. The van der Waals surface area contributed by atoms with Crippen LogP contribution >= 0.6 is 24.0 Å². The van der Waals surface area contributed by atoms with Gasteiger partial charge in [-0.25, -0.2) is 0 Å². The van der Waals surface area contributed by atoms with Crippen LogP contribution in [0.2, 0.25) is 5.02 Å². The Bertz CT molecular complexity index is 483. The van der Waals surface area contributed by atoms with Gasteiger partial charge in [-0.05, 0) is 35.7 Å². The van der Waals surface area contributed by atoms with Crippen LogP contribution in [0.4, 0.5) is 0 Å². The van der Waals surface area contributed by atoms with E-state index in [1.165, 1.54) is 5.56 Å². The van der Waals surface area contributed by atoms with Gasteiger partial charge in [0.1, 0.15) is 0 Å². The molecule has 1 atom stereocenters. The quantitative estimate of drug-likeness (QED) is 0.871. The third-order valence-corrected chi connectivity index (χ3v) is 2.97. The summed E-state index contributed by atoms with van der Waals surface area (Å²) < 4.78 is 0. The van der Waals surface area contributed by atoms with Crippen molar-refractivity contribution in [2.24, 2.45) is 5.73 Å². The Hall–Kier alpha value is -1.02. The van der Waals surface area contributed by atoms with Gasteiger partial charge in [-0.3, -0.25) is 0 Å². The van der Waals surface area contributed by atoms with Gasteiger partial charge in [-0.1, -0.05) is 48.0 Å². The predicted octanol–water partition coefficient (Wildman–Crippen LogP) is 4.12. The summed E-state index contributed by atoms with van der Waals surface area (Å²) >= 11 is 5.99. The van der Waals surface area contributed by atoms with Crippen molar-refractivity contribution in [1.29, 1.82) is 0 Å². The highest BCUT2D eigenvalue weighted by molar-refractivity contribution is 6.30. The van der Waals surface area contributed by atoms with Gasteiger partial charge in [-0.15, -0.1) is 12.4 Å². The lowest BCUT2D eigenvalue weighted by Crippen LogP contribution is -2.13. The minimum Gasteiger partial charge on any atom is -0.320 e. The molecule has 2 N–H and O–H groups in total. The molecular formula is C14H15Cl2N. The van der Waals surface area contributed by atoms with E-state index in [-0.39, 0.29) is 18.4 Å². The lowest BCUT2D eigenvalue weighted by atomic mass is 9.96. The maximum Gasteiger partial charge on any atom is 0.0554 e. The molecular weight excluding hydrogens is 253 g/mol. The van der Waals surface area contributed by atoms with Gasteiger partial charge in [0.2, 0.25) is 0 Å². The number of halogens is 2. The summed E-state index contributed by atoms with van der Waals surface area (Å²) in [6.07, 6.45) is 0. The van der Waals surface area contributed by atoms with E-state index in [9.17, 15) is 0 Å². The average Bonchev–Trinajstić information content (AvgIpc) is 2.32. The van der Waals surface area contributed by atoms with Gasteiger partial charge in [0.05, 0.1) is 6.04 Å². The van der Waals surface area contributed by atoms with Gasteiger partial charge >= 0.3 is 0 Å². The molecule has 0 saturated carbocycles. The zero-order valence-electron chi connectivity index (χ0n) is 9.56. The molecule has 0 amide bonds. The summed E-state index contributed by atoms with van der Waals surface area (Å²) in [6.45, 7) is 2.05.